The van der Waals surface area contributed by atoms with Crippen LogP contribution >= 0.6 is 15.9 Å². The van der Waals surface area contributed by atoms with Crippen LogP contribution in [0.2, 0.25) is 0 Å². The number of hydrogen-bond acceptors (Lipinski definition) is 3. The first-order valence-corrected chi connectivity index (χ1v) is 7.66. The Morgan fingerprint density at radius 2 is 2.06 bits per heavy atom. The maximum absolute atomic E-state index is 13.4. The molecule has 0 fully saturated rings. The lowest BCUT2D eigenvalue weighted by molar-refractivity contribution is 0.0950. The van der Waals surface area contributed by atoms with E-state index in [1.165, 1.54) is 12.1 Å². The summed E-state index contributed by atoms with van der Waals surface area (Å²) in [6.07, 6.45) is 1.02. The van der Waals surface area contributed by atoms with Gasteiger partial charge in [0.15, 0.2) is 0 Å². The molecule has 0 unspecified atom stereocenters. The van der Waals surface area contributed by atoms with Crippen molar-refractivity contribution in [2.45, 2.75) is 0 Å². The zero-order valence-corrected chi connectivity index (χ0v) is 11.9. The van der Waals surface area contributed by atoms with Gasteiger partial charge in [-0.1, -0.05) is 15.9 Å². The Morgan fingerprint density at radius 1 is 1.39 bits per heavy atom. The highest BCUT2D eigenvalue weighted by atomic mass is 79.9. The maximum Gasteiger partial charge on any atom is 0.254 e. The van der Waals surface area contributed by atoms with Gasteiger partial charge >= 0.3 is 0 Å². The van der Waals surface area contributed by atoms with Crippen molar-refractivity contribution < 1.29 is 17.6 Å². The lowest BCUT2D eigenvalue weighted by Crippen LogP contribution is -2.34. The van der Waals surface area contributed by atoms with Gasteiger partial charge in [0.05, 0.1) is 11.8 Å². The molecular formula is C10H12BrFN2O3S. The quantitative estimate of drug-likeness (QED) is 0.782. The molecule has 0 aromatic heterocycles. The predicted molar refractivity (Wildman–Crippen MR) is 69.3 cm³/mol. The third-order valence-electron chi connectivity index (χ3n) is 1.95. The van der Waals surface area contributed by atoms with Crippen molar-refractivity contribution in [3.8, 4) is 0 Å². The number of nitrogens with one attached hydrogen (secondary N) is 2. The predicted octanol–water partition coefficient (Wildman–Crippen LogP) is 0.867. The molecule has 18 heavy (non-hydrogen) atoms. The van der Waals surface area contributed by atoms with Crippen molar-refractivity contribution >= 4 is 31.9 Å². The Labute approximate surface area is 113 Å². The van der Waals surface area contributed by atoms with Gasteiger partial charge in [-0.2, -0.15) is 0 Å². The number of benzene rings is 1. The number of amides is 1. The highest BCUT2D eigenvalue weighted by Gasteiger charge is 2.11. The molecular weight excluding hydrogens is 327 g/mol. The van der Waals surface area contributed by atoms with E-state index in [0.29, 0.717) is 4.47 Å². The SMILES string of the molecule is CS(=O)(=O)NCCNC(=O)c1ccc(Br)cc1F. The second kappa shape index (κ2) is 6.26. The molecule has 0 saturated carbocycles. The highest BCUT2D eigenvalue weighted by Crippen LogP contribution is 2.14. The van der Waals surface area contributed by atoms with Crippen molar-refractivity contribution in [2.24, 2.45) is 0 Å². The topological polar surface area (TPSA) is 75.3 Å². The van der Waals surface area contributed by atoms with Gasteiger partial charge in [-0.25, -0.2) is 17.5 Å². The van der Waals surface area contributed by atoms with Gasteiger partial charge in [-0.3, -0.25) is 4.79 Å². The molecule has 1 amide bonds. The van der Waals surface area contributed by atoms with Crippen LogP contribution in [0, 0.1) is 5.82 Å². The lowest BCUT2D eigenvalue weighted by Gasteiger charge is -2.06. The van der Waals surface area contributed by atoms with Crippen molar-refractivity contribution in [3.63, 3.8) is 0 Å². The van der Waals surface area contributed by atoms with Gasteiger partial charge in [-0.15, -0.1) is 0 Å². The number of halogens is 2. The lowest BCUT2D eigenvalue weighted by atomic mass is 10.2. The van der Waals surface area contributed by atoms with Gasteiger partial charge in [-0.05, 0) is 18.2 Å². The Kier molecular flexibility index (Phi) is 5.24. The summed E-state index contributed by atoms with van der Waals surface area (Å²) >= 11 is 3.08. The second-order valence-electron chi connectivity index (χ2n) is 3.55. The van der Waals surface area contributed by atoms with E-state index < -0.39 is 21.7 Å². The molecule has 1 aromatic carbocycles. The minimum atomic E-state index is -3.28. The van der Waals surface area contributed by atoms with Gasteiger partial charge in [0.25, 0.3) is 5.91 Å². The summed E-state index contributed by atoms with van der Waals surface area (Å²) in [5, 5.41) is 2.41. The summed E-state index contributed by atoms with van der Waals surface area (Å²) in [4.78, 5) is 11.6. The van der Waals surface area contributed by atoms with E-state index in [1.54, 1.807) is 6.07 Å². The molecule has 0 aliphatic rings. The molecule has 2 N–H and O–H groups in total. The Morgan fingerprint density at radius 3 is 2.61 bits per heavy atom. The standard InChI is InChI=1S/C10H12BrFN2O3S/c1-18(16,17)14-5-4-13-10(15)8-3-2-7(11)6-9(8)12/h2-3,6,14H,4-5H2,1H3,(H,13,15). The molecule has 0 saturated heterocycles. The first-order chi connectivity index (χ1) is 8.29. The minimum absolute atomic E-state index is 0.0583. The number of carbonyl (C=O) groups is 1. The molecule has 0 spiro atoms. The number of rotatable bonds is 5. The molecule has 100 valence electrons. The Bertz CT molecular complexity index is 548. The van der Waals surface area contributed by atoms with Crippen LogP contribution in [0.3, 0.4) is 0 Å². The fourth-order valence-corrected chi connectivity index (χ4v) is 1.99. The summed E-state index contributed by atoms with van der Waals surface area (Å²) in [5.74, 6) is -1.23. The minimum Gasteiger partial charge on any atom is -0.351 e. The van der Waals surface area contributed by atoms with E-state index in [-0.39, 0.29) is 18.7 Å². The molecule has 5 nitrogen and oxygen atoms in total. The van der Waals surface area contributed by atoms with Gasteiger partial charge in [0.1, 0.15) is 5.82 Å². The maximum atomic E-state index is 13.4. The average Bonchev–Trinajstić information content (AvgIpc) is 2.22. The molecule has 0 bridgehead atoms. The zero-order chi connectivity index (χ0) is 13.8. The number of sulfonamides is 1. The van der Waals surface area contributed by atoms with Crippen LogP contribution in [-0.4, -0.2) is 33.7 Å². The molecule has 0 atom stereocenters. The Hall–Kier alpha value is -0.990. The average molecular weight is 339 g/mol. The summed E-state index contributed by atoms with van der Waals surface area (Å²) in [6.45, 7) is 0.143. The molecule has 0 heterocycles. The third kappa shape index (κ3) is 5.11. The van der Waals surface area contributed by atoms with Crippen LogP contribution in [0.15, 0.2) is 22.7 Å². The first-order valence-electron chi connectivity index (χ1n) is 4.97. The van der Waals surface area contributed by atoms with Crippen LogP contribution in [0.5, 0.6) is 0 Å². The van der Waals surface area contributed by atoms with E-state index in [0.717, 1.165) is 6.26 Å². The normalized spacial score (nSPS) is 11.3. The Balaban J connectivity index is 2.51. The summed E-state index contributed by atoms with van der Waals surface area (Å²) in [5.41, 5.74) is -0.0856. The third-order valence-corrected chi connectivity index (χ3v) is 3.17. The molecule has 8 heteroatoms. The van der Waals surface area contributed by atoms with Gasteiger partial charge < -0.3 is 5.32 Å². The molecule has 0 aliphatic carbocycles. The number of hydrogen-bond donors (Lipinski definition) is 2. The zero-order valence-electron chi connectivity index (χ0n) is 9.54. The van der Waals surface area contributed by atoms with Crippen LogP contribution in [-0.2, 0) is 10.0 Å². The van der Waals surface area contributed by atoms with Crippen LogP contribution in [0.1, 0.15) is 10.4 Å². The smallest absolute Gasteiger partial charge is 0.254 e. The second-order valence-corrected chi connectivity index (χ2v) is 6.30. The number of carbonyl (C=O) groups excluding carboxylic acids is 1. The molecule has 1 rings (SSSR count). The van der Waals surface area contributed by atoms with Crippen molar-refractivity contribution in [1.29, 1.82) is 0 Å². The van der Waals surface area contributed by atoms with Crippen molar-refractivity contribution in [2.75, 3.05) is 19.3 Å². The van der Waals surface area contributed by atoms with E-state index in [2.05, 4.69) is 26.0 Å². The van der Waals surface area contributed by atoms with E-state index >= 15 is 0 Å². The summed E-state index contributed by atoms with van der Waals surface area (Å²) < 4.78 is 37.6. The van der Waals surface area contributed by atoms with Gasteiger partial charge in [0.2, 0.25) is 10.0 Å². The van der Waals surface area contributed by atoms with Crippen molar-refractivity contribution in [3.05, 3.63) is 34.1 Å². The van der Waals surface area contributed by atoms with Crippen molar-refractivity contribution in [1.82, 2.24) is 10.0 Å². The molecule has 0 aliphatic heterocycles. The monoisotopic (exact) mass is 338 g/mol. The molecule has 0 radical (unpaired) electrons. The fourth-order valence-electron chi connectivity index (χ4n) is 1.18. The van der Waals surface area contributed by atoms with Crippen LogP contribution in [0.25, 0.3) is 0 Å². The highest BCUT2D eigenvalue weighted by molar-refractivity contribution is 9.10. The summed E-state index contributed by atoms with van der Waals surface area (Å²) in [7, 11) is -3.28. The largest absolute Gasteiger partial charge is 0.351 e. The van der Waals surface area contributed by atoms with E-state index in [4.69, 9.17) is 0 Å². The van der Waals surface area contributed by atoms with Crippen LogP contribution in [0.4, 0.5) is 4.39 Å². The first kappa shape index (κ1) is 15.1. The van der Waals surface area contributed by atoms with Gasteiger partial charge in [0, 0.05) is 17.6 Å². The fraction of sp³-hybridized carbons (Fsp3) is 0.300. The summed E-state index contributed by atoms with van der Waals surface area (Å²) in [6, 6.07) is 4.08. The molecule has 1 aromatic rings. The van der Waals surface area contributed by atoms with Crippen LogP contribution < -0.4 is 10.0 Å². The van der Waals surface area contributed by atoms with E-state index in [1.807, 2.05) is 0 Å². The van der Waals surface area contributed by atoms with E-state index in [9.17, 15) is 17.6 Å².